The minimum atomic E-state index is -5.33. The second kappa shape index (κ2) is 3.73. The third kappa shape index (κ3) is 3.41. The van der Waals surface area contributed by atoms with Crippen molar-refractivity contribution in [1.82, 2.24) is 0 Å². The topological polar surface area (TPSA) is 26.0 Å². The molecule has 0 spiro atoms. The van der Waals surface area contributed by atoms with E-state index < -0.39 is 24.3 Å². The molecule has 0 aromatic rings. The Morgan fingerprint density at radius 3 is 1.38 bits per heavy atom. The molecule has 0 amide bonds. The highest BCUT2D eigenvalue weighted by molar-refractivity contribution is 4.83. The Balaban J connectivity index is 4.78. The summed E-state index contributed by atoms with van der Waals surface area (Å²) in [5.41, 5.74) is 4.75. The van der Waals surface area contributed by atoms with Crippen LogP contribution in [0.4, 0.5) is 26.3 Å². The van der Waals surface area contributed by atoms with E-state index in [0.717, 1.165) is 0 Å². The van der Waals surface area contributed by atoms with Gasteiger partial charge in [-0.2, -0.15) is 26.3 Å². The van der Waals surface area contributed by atoms with Crippen molar-refractivity contribution in [2.24, 2.45) is 11.7 Å². The van der Waals surface area contributed by atoms with E-state index in [1.165, 1.54) is 6.92 Å². The van der Waals surface area contributed by atoms with E-state index in [1.807, 2.05) is 0 Å². The van der Waals surface area contributed by atoms with Gasteiger partial charge in [-0.3, -0.25) is 0 Å². The lowest BCUT2D eigenvalue weighted by molar-refractivity contribution is -0.289. The van der Waals surface area contributed by atoms with E-state index in [1.54, 1.807) is 0 Å². The number of alkyl halides is 6. The molecule has 0 heterocycles. The quantitative estimate of drug-likeness (QED) is 0.694. The van der Waals surface area contributed by atoms with Crippen molar-refractivity contribution in [2.45, 2.75) is 31.7 Å². The van der Waals surface area contributed by atoms with Gasteiger partial charge in [0.05, 0.1) is 0 Å². The minimum Gasteiger partial charge on any atom is -0.327 e. The predicted molar refractivity (Wildman–Crippen MR) is 33.9 cm³/mol. The van der Waals surface area contributed by atoms with Crippen molar-refractivity contribution < 1.29 is 26.3 Å². The van der Waals surface area contributed by atoms with Gasteiger partial charge in [0.25, 0.3) is 0 Å². The van der Waals surface area contributed by atoms with Gasteiger partial charge in [-0.25, -0.2) is 0 Å². The average molecular weight is 209 g/mol. The van der Waals surface area contributed by atoms with E-state index in [-0.39, 0.29) is 6.42 Å². The maximum absolute atomic E-state index is 11.9. The first kappa shape index (κ1) is 12.5. The zero-order valence-electron chi connectivity index (χ0n) is 6.71. The van der Waals surface area contributed by atoms with Crippen LogP contribution < -0.4 is 5.73 Å². The summed E-state index contributed by atoms with van der Waals surface area (Å²) in [4.78, 5) is 0. The van der Waals surface area contributed by atoms with E-state index in [2.05, 4.69) is 0 Å². The summed E-state index contributed by atoms with van der Waals surface area (Å²) in [5.74, 6) is -3.43. The highest BCUT2D eigenvalue weighted by atomic mass is 19.4. The normalized spacial score (nSPS) is 16.4. The number of nitrogens with two attached hydrogens (primary N) is 1. The Morgan fingerprint density at radius 1 is 1.00 bits per heavy atom. The summed E-state index contributed by atoms with van der Waals surface area (Å²) < 4.78 is 71.1. The summed E-state index contributed by atoms with van der Waals surface area (Å²) in [6.45, 7) is 1.18. The SMILES string of the molecule is CCC(N)C(C(F)(F)F)C(F)(F)F. The Hall–Kier alpha value is -0.460. The highest BCUT2D eigenvalue weighted by Gasteiger charge is 2.58. The van der Waals surface area contributed by atoms with E-state index >= 15 is 0 Å². The molecule has 0 aliphatic rings. The van der Waals surface area contributed by atoms with Gasteiger partial charge >= 0.3 is 12.4 Å². The van der Waals surface area contributed by atoms with Crippen LogP contribution in [0.1, 0.15) is 13.3 Å². The fourth-order valence-corrected chi connectivity index (χ4v) is 0.907. The molecule has 0 radical (unpaired) electrons. The zero-order chi connectivity index (χ0) is 10.9. The van der Waals surface area contributed by atoms with Crippen molar-refractivity contribution in [1.29, 1.82) is 0 Å². The average Bonchev–Trinajstić information content (AvgIpc) is 1.80. The van der Waals surface area contributed by atoms with Crippen molar-refractivity contribution >= 4 is 0 Å². The van der Waals surface area contributed by atoms with Crippen LogP contribution >= 0.6 is 0 Å². The van der Waals surface area contributed by atoms with Gasteiger partial charge < -0.3 is 5.73 Å². The molecule has 80 valence electrons. The van der Waals surface area contributed by atoms with Crippen LogP contribution in [-0.4, -0.2) is 18.4 Å². The zero-order valence-corrected chi connectivity index (χ0v) is 6.71. The number of hydrogen-bond donors (Lipinski definition) is 1. The molecule has 0 saturated carbocycles. The molecular formula is C6H9F6N. The first-order valence-corrected chi connectivity index (χ1v) is 3.49. The van der Waals surface area contributed by atoms with Crippen LogP contribution in [0.25, 0.3) is 0 Å². The third-order valence-electron chi connectivity index (χ3n) is 1.60. The van der Waals surface area contributed by atoms with Gasteiger partial charge in [0.2, 0.25) is 0 Å². The molecule has 0 aliphatic heterocycles. The molecule has 1 atom stereocenters. The highest BCUT2D eigenvalue weighted by Crippen LogP contribution is 2.41. The lowest BCUT2D eigenvalue weighted by Crippen LogP contribution is -2.48. The van der Waals surface area contributed by atoms with Crippen molar-refractivity contribution in [2.75, 3.05) is 0 Å². The smallest absolute Gasteiger partial charge is 0.327 e. The molecule has 2 N–H and O–H groups in total. The third-order valence-corrected chi connectivity index (χ3v) is 1.60. The minimum absolute atomic E-state index is 0.371. The van der Waals surface area contributed by atoms with Crippen molar-refractivity contribution in [3.8, 4) is 0 Å². The molecule has 0 bridgehead atoms. The van der Waals surface area contributed by atoms with Crippen LogP contribution in [0.5, 0.6) is 0 Å². The van der Waals surface area contributed by atoms with Gasteiger partial charge in [-0.15, -0.1) is 0 Å². The molecule has 13 heavy (non-hydrogen) atoms. The van der Waals surface area contributed by atoms with Crippen LogP contribution in [-0.2, 0) is 0 Å². The molecule has 7 heteroatoms. The van der Waals surface area contributed by atoms with Gasteiger partial charge in [0.15, 0.2) is 5.92 Å². The van der Waals surface area contributed by atoms with Crippen LogP contribution in [0.15, 0.2) is 0 Å². The molecule has 0 aliphatic carbocycles. The first-order chi connectivity index (χ1) is 5.60. The van der Waals surface area contributed by atoms with Gasteiger partial charge in [-0.1, -0.05) is 6.92 Å². The first-order valence-electron chi connectivity index (χ1n) is 3.49. The van der Waals surface area contributed by atoms with Crippen LogP contribution in [0.2, 0.25) is 0 Å². The molecular weight excluding hydrogens is 200 g/mol. The Labute approximate surface area is 70.9 Å². The van der Waals surface area contributed by atoms with E-state index in [4.69, 9.17) is 5.73 Å². The maximum atomic E-state index is 11.9. The summed E-state index contributed by atoms with van der Waals surface area (Å²) in [7, 11) is 0. The molecule has 0 saturated heterocycles. The molecule has 0 aromatic heterocycles. The second-order valence-electron chi connectivity index (χ2n) is 2.63. The maximum Gasteiger partial charge on any atom is 0.401 e. The van der Waals surface area contributed by atoms with E-state index in [0.29, 0.717) is 0 Å². The summed E-state index contributed by atoms with van der Waals surface area (Å²) in [5, 5.41) is 0. The lowest BCUT2D eigenvalue weighted by Gasteiger charge is -2.27. The molecule has 0 aromatic carbocycles. The lowest BCUT2D eigenvalue weighted by atomic mass is 9.97. The summed E-state index contributed by atoms with van der Waals surface area (Å²) in [6, 6.07) is -1.93. The van der Waals surface area contributed by atoms with Crippen LogP contribution in [0.3, 0.4) is 0 Å². The Bertz CT molecular complexity index is 145. The fraction of sp³-hybridized carbons (Fsp3) is 1.00. The Morgan fingerprint density at radius 2 is 1.31 bits per heavy atom. The molecule has 1 nitrogen and oxygen atoms in total. The fourth-order valence-electron chi connectivity index (χ4n) is 0.907. The summed E-state index contributed by atoms with van der Waals surface area (Å²) >= 11 is 0. The largest absolute Gasteiger partial charge is 0.401 e. The standard InChI is InChI=1S/C6H9F6N/c1-2-3(13)4(5(7,8)9)6(10,11)12/h3-4H,2,13H2,1H3. The Kier molecular flexibility index (Phi) is 3.60. The number of hydrogen-bond acceptors (Lipinski definition) is 1. The molecule has 1 unspecified atom stereocenters. The second-order valence-corrected chi connectivity index (χ2v) is 2.63. The number of rotatable bonds is 2. The number of halogens is 6. The molecule has 0 fully saturated rings. The summed E-state index contributed by atoms with van der Waals surface area (Å²) in [6.07, 6.45) is -11.0. The predicted octanol–water partition coefficient (Wildman–Crippen LogP) is 2.46. The molecule has 0 rings (SSSR count). The monoisotopic (exact) mass is 209 g/mol. The van der Waals surface area contributed by atoms with Crippen molar-refractivity contribution in [3.05, 3.63) is 0 Å². The van der Waals surface area contributed by atoms with Crippen molar-refractivity contribution in [3.63, 3.8) is 0 Å². The van der Waals surface area contributed by atoms with Gasteiger partial charge in [0.1, 0.15) is 0 Å². The van der Waals surface area contributed by atoms with Crippen LogP contribution in [0, 0.1) is 5.92 Å². The van der Waals surface area contributed by atoms with E-state index in [9.17, 15) is 26.3 Å². The van der Waals surface area contributed by atoms with Gasteiger partial charge in [-0.05, 0) is 6.42 Å². The van der Waals surface area contributed by atoms with Gasteiger partial charge in [0, 0.05) is 6.04 Å².